The molecule has 2 rings (SSSR count). The molecule has 1 saturated heterocycles. The van der Waals surface area contributed by atoms with Crippen molar-refractivity contribution in [2.75, 3.05) is 32.9 Å². The lowest BCUT2D eigenvalue weighted by molar-refractivity contribution is -0.134. The molecule has 0 bridgehead atoms. The van der Waals surface area contributed by atoms with Gasteiger partial charge in [0.05, 0.1) is 25.9 Å². The summed E-state index contributed by atoms with van der Waals surface area (Å²) in [5, 5.41) is 9.08. The highest BCUT2D eigenvalue weighted by Gasteiger charge is 2.21. The Kier molecular flexibility index (Phi) is 5.78. The Morgan fingerprint density at radius 1 is 1.48 bits per heavy atom. The fourth-order valence-electron chi connectivity index (χ4n) is 2.14. The summed E-state index contributed by atoms with van der Waals surface area (Å²) in [6.07, 6.45) is 3.05. The summed E-state index contributed by atoms with van der Waals surface area (Å²) in [6, 6.07) is 7.57. The molecule has 1 aliphatic heterocycles. The molecule has 0 aromatic heterocycles. The van der Waals surface area contributed by atoms with Crippen LogP contribution < -0.4 is 4.74 Å². The zero-order chi connectivity index (χ0) is 15.1. The molecule has 1 aliphatic rings. The number of aliphatic hydroxyl groups is 1. The van der Waals surface area contributed by atoms with Gasteiger partial charge in [-0.05, 0) is 30.7 Å². The monoisotopic (exact) mass is 291 g/mol. The third-order valence-corrected chi connectivity index (χ3v) is 3.26. The van der Waals surface area contributed by atoms with E-state index in [1.807, 2.05) is 31.2 Å². The summed E-state index contributed by atoms with van der Waals surface area (Å²) in [6.45, 7) is 3.97. The summed E-state index contributed by atoms with van der Waals surface area (Å²) in [5.74, 6) is 0.755. The number of rotatable bonds is 5. The first-order chi connectivity index (χ1) is 10.2. The smallest absolute Gasteiger partial charge is 0.246 e. The van der Waals surface area contributed by atoms with Crippen molar-refractivity contribution in [2.45, 2.75) is 13.0 Å². The Balaban J connectivity index is 1.92. The summed E-state index contributed by atoms with van der Waals surface area (Å²) in [5.41, 5.74) is 0.943. The van der Waals surface area contributed by atoms with E-state index in [1.54, 1.807) is 17.1 Å². The molecule has 21 heavy (non-hydrogen) atoms. The Labute approximate surface area is 124 Å². The van der Waals surface area contributed by atoms with Crippen LogP contribution in [0.3, 0.4) is 0 Å². The average molecular weight is 291 g/mol. The van der Waals surface area contributed by atoms with Crippen LogP contribution in [-0.4, -0.2) is 54.9 Å². The van der Waals surface area contributed by atoms with Crippen LogP contribution in [0.15, 0.2) is 30.3 Å². The number of ether oxygens (including phenoxy) is 2. The van der Waals surface area contributed by atoms with Crippen LogP contribution in [-0.2, 0) is 9.53 Å². The fraction of sp³-hybridized carbons (Fsp3) is 0.438. The van der Waals surface area contributed by atoms with Crippen molar-refractivity contribution in [1.82, 2.24) is 4.90 Å². The predicted molar refractivity (Wildman–Crippen MR) is 80.1 cm³/mol. The molecule has 5 nitrogen and oxygen atoms in total. The lowest BCUT2D eigenvalue weighted by atomic mass is 10.2. The fourth-order valence-corrected chi connectivity index (χ4v) is 2.14. The third kappa shape index (κ3) is 4.58. The van der Waals surface area contributed by atoms with Gasteiger partial charge in [-0.3, -0.25) is 4.79 Å². The second-order valence-corrected chi connectivity index (χ2v) is 4.80. The molecular formula is C16H21NO4. The molecule has 1 heterocycles. The normalized spacial score (nSPS) is 19.0. The Morgan fingerprint density at radius 3 is 2.90 bits per heavy atom. The number of morpholine rings is 1. The van der Waals surface area contributed by atoms with Gasteiger partial charge >= 0.3 is 0 Å². The second kappa shape index (κ2) is 7.81. The first kappa shape index (κ1) is 15.5. The van der Waals surface area contributed by atoms with E-state index in [0.29, 0.717) is 26.3 Å². The van der Waals surface area contributed by atoms with Gasteiger partial charge in [-0.25, -0.2) is 0 Å². The van der Waals surface area contributed by atoms with Crippen LogP contribution in [0.2, 0.25) is 0 Å². The molecule has 0 radical (unpaired) electrons. The average Bonchev–Trinajstić information content (AvgIpc) is 2.54. The van der Waals surface area contributed by atoms with E-state index in [1.165, 1.54) is 0 Å². The highest BCUT2D eigenvalue weighted by Crippen LogP contribution is 2.13. The minimum atomic E-state index is -0.276. The van der Waals surface area contributed by atoms with Gasteiger partial charge in [0, 0.05) is 19.2 Å². The maximum absolute atomic E-state index is 12.1. The Hall–Kier alpha value is -1.85. The van der Waals surface area contributed by atoms with Gasteiger partial charge in [0.15, 0.2) is 0 Å². The quantitative estimate of drug-likeness (QED) is 0.831. The van der Waals surface area contributed by atoms with E-state index in [9.17, 15) is 4.79 Å². The minimum Gasteiger partial charge on any atom is -0.494 e. The topological polar surface area (TPSA) is 59.0 Å². The van der Waals surface area contributed by atoms with Crippen molar-refractivity contribution in [3.05, 3.63) is 35.9 Å². The van der Waals surface area contributed by atoms with Crippen LogP contribution in [0, 0.1) is 0 Å². The molecule has 1 aromatic rings. The molecule has 1 aromatic carbocycles. The number of benzene rings is 1. The maximum atomic E-state index is 12.1. The lowest BCUT2D eigenvalue weighted by Gasteiger charge is -2.31. The molecule has 0 aliphatic carbocycles. The van der Waals surface area contributed by atoms with Gasteiger partial charge in [0.2, 0.25) is 5.91 Å². The summed E-state index contributed by atoms with van der Waals surface area (Å²) < 4.78 is 10.7. The number of nitrogens with zero attached hydrogens (tertiary/aromatic N) is 1. The standard InChI is InChI=1S/C16H21NO4/c1-2-20-14-6-3-13(4-7-14)5-8-16(19)17-9-10-21-15(11-17)12-18/h3-8,15,18H,2,9-12H2,1H3/b8-5+. The summed E-state index contributed by atoms with van der Waals surface area (Å²) >= 11 is 0. The molecule has 1 N–H and O–H groups in total. The van der Waals surface area contributed by atoms with Crippen molar-refractivity contribution in [1.29, 1.82) is 0 Å². The molecule has 1 unspecified atom stereocenters. The second-order valence-electron chi connectivity index (χ2n) is 4.80. The van der Waals surface area contributed by atoms with Crippen molar-refractivity contribution in [3.8, 4) is 5.75 Å². The zero-order valence-electron chi connectivity index (χ0n) is 12.2. The molecule has 0 spiro atoms. The van der Waals surface area contributed by atoms with E-state index < -0.39 is 0 Å². The minimum absolute atomic E-state index is 0.0631. The van der Waals surface area contributed by atoms with E-state index in [-0.39, 0.29) is 18.6 Å². The van der Waals surface area contributed by atoms with Crippen molar-refractivity contribution >= 4 is 12.0 Å². The molecule has 1 amide bonds. The van der Waals surface area contributed by atoms with Crippen LogP contribution in [0.1, 0.15) is 12.5 Å². The van der Waals surface area contributed by atoms with E-state index in [2.05, 4.69) is 0 Å². The van der Waals surface area contributed by atoms with Gasteiger partial charge in [0.25, 0.3) is 0 Å². The number of aliphatic hydroxyl groups excluding tert-OH is 1. The molecule has 5 heteroatoms. The Morgan fingerprint density at radius 2 is 2.24 bits per heavy atom. The van der Waals surface area contributed by atoms with Gasteiger partial charge < -0.3 is 19.5 Å². The third-order valence-electron chi connectivity index (χ3n) is 3.26. The maximum Gasteiger partial charge on any atom is 0.246 e. The highest BCUT2D eigenvalue weighted by molar-refractivity contribution is 5.91. The number of hydrogen-bond donors (Lipinski definition) is 1. The van der Waals surface area contributed by atoms with Crippen LogP contribution >= 0.6 is 0 Å². The number of hydrogen-bond acceptors (Lipinski definition) is 4. The van der Waals surface area contributed by atoms with Crippen molar-refractivity contribution < 1.29 is 19.4 Å². The molecule has 1 fully saturated rings. The van der Waals surface area contributed by atoms with Crippen molar-refractivity contribution in [2.24, 2.45) is 0 Å². The molecular weight excluding hydrogens is 270 g/mol. The van der Waals surface area contributed by atoms with Crippen LogP contribution in [0.5, 0.6) is 5.75 Å². The number of carbonyl (C=O) groups excluding carboxylic acids is 1. The molecule has 0 saturated carbocycles. The largest absolute Gasteiger partial charge is 0.494 e. The van der Waals surface area contributed by atoms with E-state index in [0.717, 1.165) is 11.3 Å². The van der Waals surface area contributed by atoms with E-state index >= 15 is 0 Å². The number of amides is 1. The predicted octanol–water partition coefficient (Wildman–Crippen LogP) is 1.32. The number of carbonyl (C=O) groups is 1. The van der Waals surface area contributed by atoms with Gasteiger partial charge in [-0.1, -0.05) is 12.1 Å². The Bertz CT molecular complexity index is 484. The van der Waals surface area contributed by atoms with Crippen LogP contribution in [0.4, 0.5) is 0 Å². The lowest BCUT2D eigenvalue weighted by Crippen LogP contribution is -2.46. The molecule has 114 valence electrons. The van der Waals surface area contributed by atoms with Gasteiger partial charge in [-0.15, -0.1) is 0 Å². The van der Waals surface area contributed by atoms with Crippen molar-refractivity contribution in [3.63, 3.8) is 0 Å². The van der Waals surface area contributed by atoms with Gasteiger partial charge in [0.1, 0.15) is 5.75 Å². The van der Waals surface area contributed by atoms with Crippen LogP contribution in [0.25, 0.3) is 6.08 Å². The summed E-state index contributed by atoms with van der Waals surface area (Å²) in [4.78, 5) is 13.8. The SMILES string of the molecule is CCOc1ccc(/C=C/C(=O)N2CCOC(CO)C2)cc1. The summed E-state index contributed by atoms with van der Waals surface area (Å²) in [7, 11) is 0. The highest BCUT2D eigenvalue weighted by atomic mass is 16.5. The van der Waals surface area contributed by atoms with Gasteiger partial charge in [-0.2, -0.15) is 0 Å². The molecule has 1 atom stereocenters. The van der Waals surface area contributed by atoms with E-state index in [4.69, 9.17) is 14.6 Å². The first-order valence-electron chi connectivity index (χ1n) is 7.15. The first-order valence-corrected chi connectivity index (χ1v) is 7.15. The zero-order valence-corrected chi connectivity index (χ0v) is 12.2.